The van der Waals surface area contributed by atoms with Gasteiger partial charge in [-0.05, 0) is 25.3 Å². The number of rotatable bonds is 8. The van der Waals surface area contributed by atoms with Crippen molar-refractivity contribution in [3.8, 4) is 0 Å². The van der Waals surface area contributed by atoms with E-state index in [1.165, 1.54) is 6.07 Å². The van der Waals surface area contributed by atoms with Crippen LogP contribution in [0.2, 0.25) is 0 Å². The summed E-state index contributed by atoms with van der Waals surface area (Å²) in [6, 6.07) is 6.17. The summed E-state index contributed by atoms with van der Waals surface area (Å²) in [7, 11) is 0. The van der Waals surface area contributed by atoms with Crippen LogP contribution in [0.4, 0.5) is 4.39 Å². The van der Waals surface area contributed by atoms with E-state index in [-0.39, 0.29) is 24.7 Å². The first-order chi connectivity index (χ1) is 10.4. The van der Waals surface area contributed by atoms with Crippen molar-refractivity contribution in [2.75, 3.05) is 6.61 Å². The molecule has 4 nitrogen and oxygen atoms in total. The third-order valence-corrected chi connectivity index (χ3v) is 2.99. The van der Waals surface area contributed by atoms with Crippen LogP contribution in [0.15, 0.2) is 24.3 Å². The Bertz CT molecular complexity index is 499. The topological polar surface area (TPSA) is 52.6 Å². The quantitative estimate of drug-likeness (QED) is 0.685. The van der Waals surface area contributed by atoms with E-state index in [9.17, 15) is 14.0 Å². The lowest BCUT2D eigenvalue weighted by molar-refractivity contribution is -0.149. The van der Waals surface area contributed by atoms with Gasteiger partial charge in [0.1, 0.15) is 11.9 Å². The molecular formula is C17H23FO4. The van der Waals surface area contributed by atoms with Crippen LogP contribution in [-0.2, 0) is 19.1 Å². The summed E-state index contributed by atoms with van der Waals surface area (Å²) >= 11 is 0. The van der Waals surface area contributed by atoms with Gasteiger partial charge in [0.15, 0.2) is 0 Å². The Hall–Kier alpha value is -1.91. The zero-order valence-corrected chi connectivity index (χ0v) is 13.3. The zero-order chi connectivity index (χ0) is 16.5. The molecule has 5 heteroatoms. The lowest BCUT2D eigenvalue weighted by Gasteiger charge is -2.14. The first-order valence-corrected chi connectivity index (χ1v) is 7.49. The number of benzene rings is 1. The number of halogens is 1. The first-order valence-electron chi connectivity index (χ1n) is 7.49. The van der Waals surface area contributed by atoms with Crippen LogP contribution in [0.1, 0.15) is 51.7 Å². The Kier molecular flexibility index (Phi) is 7.57. The Morgan fingerprint density at radius 1 is 1.09 bits per heavy atom. The van der Waals surface area contributed by atoms with E-state index in [1.807, 2.05) is 13.8 Å². The molecule has 1 rings (SSSR count). The zero-order valence-electron chi connectivity index (χ0n) is 13.3. The molecule has 0 aliphatic carbocycles. The van der Waals surface area contributed by atoms with Gasteiger partial charge in [0.05, 0.1) is 6.61 Å². The number of hydrogen-bond donors (Lipinski definition) is 0. The molecule has 1 unspecified atom stereocenters. The van der Waals surface area contributed by atoms with Gasteiger partial charge in [0, 0.05) is 18.4 Å². The van der Waals surface area contributed by atoms with Crippen molar-refractivity contribution >= 4 is 11.9 Å². The van der Waals surface area contributed by atoms with Crippen molar-refractivity contribution in [2.45, 2.75) is 46.1 Å². The molecule has 0 saturated carbocycles. The Balaban J connectivity index is 2.29. The average Bonchev–Trinajstić information content (AvgIpc) is 2.45. The van der Waals surface area contributed by atoms with Gasteiger partial charge in [-0.2, -0.15) is 0 Å². The van der Waals surface area contributed by atoms with Gasteiger partial charge in [-0.15, -0.1) is 0 Å². The standard InChI is InChI=1S/C17H23FO4/c1-12(2)11-21-16(19)9-6-10-17(20)22-13(3)14-7-4-5-8-15(14)18/h4-5,7-8,12-13H,6,9-11H2,1-3H3. The van der Waals surface area contributed by atoms with Crippen molar-refractivity contribution in [3.63, 3.8) is 0 Å². The molecule has 22 heavy (non-hydrogen) atoms. The van der Waals surface area contributed by atoms with Crippen LogP contribution in [0.5, 0.6) is 0 Å². The molecule has 0 aliphatic heterocycles. The van der Waals surface area contributed by atoms with Gasteiger partial charge in [0.2, 0.25) is 0 Å². The van der Waals surface area contributed by atoms with E-state index in [4.69, 9.17) is 9.47 Å². The van der Waals surface area contributed by atoms with Gasteiger partial charge >= 0.3 is 11.9 Å². The van der Waals surface area contributed by atoms with Crippen LogP contribution in [-0.4, -0.2) is 18.5 Å². The minimum absolute atomic E-state index is 0.107. The van der Waals surface area contributed by atoms with Crippen LogP contribution in [0.25, 0.3) is 0 Å². The summed E-state index contributed by atoms with van der Waals surface area (Å²) in [6.07, 6.45) is -0.00723. The van der Waals surface area contributed by atoms with E-state index < -0.39 is 17.9 Å². The van der Waals surface area contributed by atoms with Crippen molar-refractivity contribution in [1.82, 2.24) is 0 Å². The molecular weight excluding hydrogens is 287 g/mol. The fourth-order valence-corrected chi connectivity index (χ4v) is 1.83. The highest BCUT2D eigenvalue weighted by Crippen LogP contribution is 2.20. The van der Waals surface area contributed by atoms with Gasteiger partial charge in [-0.3, -0.25) is 9.59 Å². The van der Waals surface area contributed by atoms with Crippen LogP contribution < -0.4 is 0 Å². The van der Waals surface area contributed by atoms with Gasteiger partial charge in [0.25, 0.3) is 0 Å². The van der Waals surface area contributed by atoms with E-state index in [0.717, 1.165) is 0 Å². The van der Waals surface area contributed by atoms with Gasteiger partial charge in [-0.25, -0.2) is 4.39 Å². The van der Waals surface area contributed by atoms with E-state index in [0.29, 0.717) is 18.6 Å². The van der Waals surface area contributed by atoms with Gasteiger partial charge < -0.3 is 9.47 Å². The second kappa shape index (κ2) is 9.18. The molecule has 0 aromatic heterocycles. The Morgan fingerprint density at radius 2 is 1.73 bits per heavy atom. The first kappa shape index (κ1) is 18.1. The van der Waals surface area contributed by atoms with E-state index >= 15 is 0 Å². The molecule has 0 saturated heterocycles. The molecule has 0 amide bonds. The lowest BCUT2D eigenvalue weighted by Crippen LogP contribution is -2.12. The smallest absolute Gasteiger partial charge is 0.306 e. The summed E-state index contributed by atoms with van der Waals surface area (Å²) in [6.45, 7) is 5.91. The third kappa shape index (κ3) is 6.70. The molecule has 0 fully saturated rings. The summed E-state index contributed by atoms with van der Waals surface area (Å²) < 4.78 is 23.7. The highest BCUT2D eigenvalue weighted by atomic mass is 19.1. The fraction of sp³-hybridized carbons (Fsp3) is 0.529. The highest BCUT2D eigenvalue weighted by Gasteiger charge is 2.15. The molecule has 0 spiro atoms. The number of ether oxygens (including phenoxy) is 2. The third-order valence-electron chi connectivity index (χ3n) is 2.99. The van der Waals surface area contributed by atoms with Crippen molar-refractivity contribution in [2.24, 2.45) is 5.92 Å². The molecule has 0 bridgehead atoms. The minimum atomic E-state index is -0.651. The monoisotopic (exact) mass is 310 g/mol. The van der Waals surface area contributed by atoms with Crippen molar-refractivity contribution < 1.29 is 23.5 Å². The fourth-order valence-electron chi connectivity index (χ4n) is 1.83. The predicted molar refractivity (Wildman–Crippen MR) is 80.6 cm³/mol. The maximum atomic E-state index is 13.5. The summed E-state index contributed by atoms with van der Waals surface area (Å²) in [5, 5.41) is 0. The van der Waals surface area contributed by atoms with Gasteiger partial charge in [-0.1, -0.05) is 32.0 Å². The summed E-state index contributed by atoms with van der Waals surface area (Å²) in [5.41, 5.74) is 0.340. The molecule has 1 aromatic carbocycles. The van der Waals surface area contributed by atoms with Crippen LogP contribution >= 0.6 is 0 Å². The maximum Gasteiger partial charge on any atom is 0.306 e. The lowest BCUT2D eigenvalue weighted by atomic mass is 10.1. The molecule has 1 aromatic rings. The number of hydrogen-bond acceptors (Lipinski definition) is 4. The summed E-state index contributed by atoms with van der Waals surface area (Å²) in [4.78, 5) is 23.1. The van der Waals surface area contributed by atoms with Crippen molar-refractivity contribution in [1.29, 1.82) is 0 Å². The maximum absolute atomic E-state index is 13.5. The van der Waals surface area contributed by atoms with Crippen molar-refractivity contribution in [3.05, 3.63) is 35.6 Å². The SMILES string of the molecule is CC(C)COC(=O)CCCC(=O)OC(C)c1ccccc1F. The summed E-state index contributed by atoms with van der Waals surface area (Å²) in [5.74, 6) is -0.883. The normalized spacial score (nSPS) is 12.0. The Labute approximate surface area is 130 Å². The number of esters is 2. The van der Waals surface area contributed by atoms with Crippen LogP contribution in [0, 0.1) is 11.7 Å². The largest absolute Gasteiger partial charge is 0.465 e. The average molecular weight is 310 g/mol. The van der Waals surface area contributed by atoms with Crippen LogP contribution in [0.3, 0.4) is 0 Å². The molecule has 0 N–H and O–H groups in total. The Morgan fingerprint density at radius 3 is 2.36 bits per heavy atom. The highest BCUT2D eigenvalue weighted by molar-refractivity contribution is 5.72. The second-order valence-corrected chi connectivity index (χ2v) is 5.58. The molecule has 0 radical (unpaired) electrons. The number of carbonyl (C=O) groups excluding carboxylic acids is 2. The predicted octanol–water partition coefficient (Wildman–Crippen LogP) is 3.80. The molecule has 0 heterocycles. The molecule has 122 valence electrons. The second-order valence-electron chi connectivity index (χ2n) is 5.58. The molecule has 1 atom stereocenters. The molecule has 0 aliphatic rings. The minimum Gasteiger partial charge on any atom is -0.465 e. The number of carbonyl (C=O) groups is 2. The van der Waals surface area contributed by atoms with E-state index in [2.05, 4.69) is 0 Å². The van der Waals surface area contributed by atoms with E-state index in [1.54, 1.807) is 25.1 Å².